The van der Waals surface area contributed by atoms with Gasteiger partial charge in [-0.3, -0.25) is 9.48 Å². The largest absolute Gasteiger partial charge is 0.478 e. The SMILES string of the molecule is Cc1c(NC(=O)CCn2cccn2)cccc1C(=O)O. The number of carbonyl (C=O) groups is 2. The second-order valence-electron chi connectivity index (χ2n) is 4.35. The standard InChI is InChI=1S/C14H15N3O3/c1-10-11(14(19)20)4-2-5-12(10)16-13(18)6-9-17-8-3-7-15-17/h2-5,7-8H,6,9H2,1H3,(H,16,18)(H,19,20). The number of rotatable bonds is 5. The van der Waals surface area contributed by atoms with Gasteiger partial charge in [-0.1, -0.05) is 6.07 Å². The number of carboxylic acids is 1. The van der Waals surface area contributed by atoms with Gasteiger partial charge in [0.1, 0.15) is 0 Å². The van der Waals surface area contributed by atoms with Gasteiger partial charge in [-0.2, -0.15) is 5.10 Å². The molecule has 2 N–H and O–H groups in total. The Morgan fingerprint density at radius 2 is 2.15 bits per heavy atom. The fourth-order valence-corrected chi connectivity index (χ4v) is 1.86. The number of amides is 1. The quantitative estimate of drug-likeness (QED) is 0.871. The Balaban J connectivity index is 2.01. The molecule has 20 heavy (non-hydrogen) atoms. The van der Waals surface area contributed by atoms with Crippen LogP contribution in [0.25, 0.3) is 0 Å². The second-order valence-corrected chi connectivity index (χ2v) is 4.35. The molecule has 0 unspecified atom stereocenters. The fourth-order valence-electron chi connectivity index (χ4n) is 1.86. The lowest BCUT2D eigenvalue weighted by Gasteiger charge is -2.10. The molecule has 0 saturated carbocycles. The third-order valence-electron chi connectivity index (χ3n) is 2.97. The molecule has 0 radical (unpaired) electrons. The van der Waals surface area contributed by atoms with Crippen LogP contribution in [0.5, 0.6) is 0 Å². The summed E-state index contributed by atoms with van der Waals surface area (Å²) in [5.41, 5.74) is 1.26. The molecule has 1 aromatic carbocycles. The molecule has 2 rings (SSSR count). The van der Waals surface area contributed by atoms with Crippen molar-refractivity contribution in [2.24, 2.45) is 0 Å². The van der Waals surface area contributed by atoms with Gasteiger partial charge in [-0.05, 0) is 30.7 Å². The minimum atomic E-state index is -1.00. The Morgan fingerprint density at radius 3 is 2.80 bits per heavy atom. The molecule has 6 heteroatoms. The average molecular weight is 273 g/mol. The molecule has 0 fully saturated rings. The highest BCUT2D eigenvalue weighted by molar-refractivity contribution is 5.95. The van der Waals surface area contributed by atoms with Crippen LogP contribution in [0.3, 0.4) is 0 Å². The van der Waals surface area contributed by atoms with Gasteiger partial charge in [0.25, 0.3) is 0 Å². The van der Waals surface area contributed by atoms with Crippen molar-refractivity contribution in [3.8, 4) is 0 Å². The van der Waals surface area contributed by atoms with Crippen LogP contribution in [-0.2, 0) is 11.3 Å². The van der Waals surface area contributed by atoms with E-state index in [2.05, 4.69) is 10.4 Å². The summed E-state index contributed by atoms with van der Waals surface area (Å²) >= 11 is 0. The predicted octanol–water partition coefficient (Wildman–Crippen LogP) is 1.92. The Morgan fingerprint density at radius 1 is 1.35 bits per heavy atom. The summed E-state index contributed by atoms with van der Waals surface area (Å²) in [5, 5.41) is 15.8. The van der Waals surface area contributed by atoms with Crippen LogP contribution in [0.1, 0.15) is 22.3 Å². The van der Waals surface area contributed by atoms with Crippen LogP contribution in [0.15, 0.2) is 36.7 Å². The predicted molar refractivity (Wildman–Crippen MR) is 73.6 cm³/mol. The maximum Gasteiger partial charge on any atom is 0.336 e. The molecule has 6 nitrogen and oxygen atoms in total. The number of aromatic carboxylic acids is 1. The van der Waals surface area contributed by atoms with E-state index in [9.17, 15) is 9.59 Å². The van der Waals surface area contributed by atoms with Crippen LogP contribution >= 0.6 is 0 Å². The summed E-state index contributed by atoms with van der Waals surface area (Å²) < 4.78 is 1.67. The number of hydrogen-bond donors (Lipinski definition) is 2. The lowest BCUT2D eigenvalue weighted by molar-refractivity contribution is -0.116. The van der Waals surface area contributed by atoms with Crippen LogP contribution in [0.2, 0.25) is 0 Å². The molecule has 1 aromatic heterocycles. The summed E-state index contributed by atoms with van der Waals surface area (Å²) in [6.07, 6.45) is 3.71. The van der Waals surface area contributed by atoms with Crippen molar-refractivity contribution in [1.82, 2.24) is 9.78 Å². The van der Waals surface area contributed by atoms with E-state index in [-0.39, 0.29) is 17.9 Å². The van der Waals surface area contributed by atoms with Gasteiger partial charge in [0, 0.05) is 31.0 Å². The Bertz CT molecular complexity index is 621. The second kappa shape index (κ2) is 6.01. The Labute approximate surface area is 116 Å². The van der Waals surface area contributed by atoms with Crippen molar-refractivity contribution in [3.05, 3.63) is 47.8 Å². The van der Waals surface area contributed by atoms with Crippen LogP contribution < -0.4 is 5.32 Å². The molecular weight excluding hydrogens is 258 g/mol. The van der Waals surface area contributed by atoms with Crippen LogP contribution in [0.4, 0.5) is 5.69 Å². The van der Waals surface area contributed by atoms with Crippen molar-refractivity contribution in [3.63, 3.8) is 0 Å². The van der Waals surface area contributed by atoms with E-state index in [4.69, 9.17) is 5.11 Å². The summed E-state index contributed by atoms with van der Waals surface area (Å²) in [7, 11) is 0. The lowest BCUT2D eigenvalue weighted by atomic mass is 10.1. The van der Waals surface area contributed by atoms with E-state index >= 15 is 0 Å². The number of aryl methyl sites for hydroxylation is 1. The average Bonchev–Trinajstić information content (AvgIpc) is 2.91. The number of hydrogen-bond acceptors (Lipinski definition) is 3. The molecule has 2 aromatic rings. The zero-order valence-electron chi connectivity index (χ0n) is 11.0. The number of carbonyl (C=O) groups excluding carboxylic acids is 1. The van der Waals surface area contributed by atoms with Gasteiger partial charge in [0.15, 0.2) is 0 Å². The zero-order chi connectivity index (χ0) is 14.5. The first-order valence-electron chi connectivity index (χ1n) is 6.18. The van der Waals surface area contributed by atoms with Crippen molar-refractivity contribution >= 4 is 17.6 Å². The zero-order valence-corrected chi connectivity index (χ0v) is 11.0. The van der Waals surface area contributed by atoms with E-state index in [1.54, 1.807) is 42.2 Å². The molecule has 0 aliphatic heterocycles. The van der Waals surface area contributed by atoms with E-state index in [1.807, 2.05) is 0 Å². The van der Waals surface area contributed by atoms with Gasteiger partial charge in [0.05, 0.1) is 5.56 Å². The van der Waals surface area contributed by atoms with E-state index < -0.39 is 5.97 Å². The number of aromatic nitrogens is 2. The number of nitrogens with one attached hydrogen (secondary N) is 1. The molecule has 0 bridgehead atoms. The molecule has 0 aliphatic rings. The molecule has 0 aliphatic carbocycles. The van der Waals surface area contributed by atoms with Gasteiger partial charge in [-0.25, -0.2) is 4.79 Å². The number of benzene rings is 1. The van der Waals surface area contributed by atoms with Gasteiger partial charge >= 0.3 is 5.97 Å². The monoisotopic (exact) mass is 273 g/mol. The minimum absolute atomic E-state index is 0.175. The number of anilines is 1. The maximum atomic E-state index is 11.8. The molecule has 0 saturated heterocycles. The first-order chi connectivity index (χ1) is 9.58. The van der Waals surface area contributed by atoms with Crippen molar-refractivity contribution in [2.75, 3.05) is 5.32 Å². The van der Waals surface area contributed by atoms with E-state index in [1.165, 1.54) is 6.07 Å². The van der Waals surface area contributed by atoms with Crippen molar-refractivity contribution < 1.29 is 14.7 Å². The smallest absolute Gasteiger partial charge is 0.336 e. The fraction of sp³-hybridized carbons (Fsp3) is 0.214. The Kier molecular flexibility index (Phi) is 4.14. The lowest BCUT2D eigenvalue weighted by Crippen LogP contribution is -2.16. The van der Waals surface area contributed by atoms with Crippen molar-refractivity contribution in [1.29, 1.82) is 0 Å². The number of nitrogens with zero attached hydrogens (tertiary/aromatic N) is 2. The molecular formula is C14H15N3O3. The summed E-state index contributed by atoms with van der Waals surface area (Å²) in [4.78, 5) is 22.9. The molecule has 104 valence electrons. The Hall–Kier alpha value is -2.63. The third kappa shape index (κ3) is 3.23. The van der Waals surface area contributed by atoms with Crippen LogP contribution in [-0.4, -0.2) is 26.8 Å². The highest BCUT2D eigenvalue weighted by Crippen LogP contribution is 2.19. The minimum Gasteiger partial charge on any atom is -0.478 e. The summed E-state index contributed by atoms with van der Waals surface area (Å²) in [6.45, 7) is 2.16. The van der Waals surface area contributed by atoms with Gasteiger partial charge in [0.2, 0.25) is 5.91 Å². The molecule has 0 spiro atoms. The van der Waals surface area contributed by atoms with E-state index in [0.717, 1.165) is 0 Å². The molecule has 0 atom stereocenters. The van der Waals surface area contributed by atoms with E-state index in [0.29, 0.717) is 17.8 Å². The normalized spacial score (nSPS) is 10.2. The van der Waals surface area contributed by atoms with Gasteiger partial charge < -0.3 is 10.4 Å². The summed E-state index contributed by atoms with van der Waals surface area (Å²) in [6, 6.07) is 6.60. The third-order valence-corrected chi connectivity index (χ3v) is 2.97. The molecule has 1 amide bonds. The topological polar surface area (TPSA) is 84.2 Å². The summed E-state index contributed by atoms with van der Waals surface area (Å²) in [5.74, 6) is -1.18. The van der Waals surface area contributed by atoms with Gasteiger partial charge in [-0.15, -0.1) is 0 Å². The first kappa shape index (κ1) is 13.8. The number of carboxylic acid groups (broad SMARTS) is 1. The highest BCUT2D eigenvalue weighted by Gasteiger charge is 2.11. The van der Waals surface area contributed by atoms with Crippen LogP contribution in [0, 0.1) is 6.92 Å². The molecule has 1 heterocycles. The highest BCUT2D eigenvalue weighted by atomic mass is 16.4. The van der Waals surface area contributed by atoms with Crippen molar-refractivity contribution in [2.45, 2.75) is 19.9 Å². The maximum absolute atomic E-state index is 11.8. The first-order valence-corrected chi connectivity index (χ1v) is 6.18.